The normalized spacial score (nSPS) is 22.4. The molecule has 0 radical (unpaired) electrons. The van der Waals surface area contributed by atoms with Crippen LogP contribution in [0.4, 0.5) is 0 Å². The summed E-state index contributed by atoms with van der Waals surface area (Å²) >= 11 is 6.60. The third-order valence-corrected chi connectivity index (χ3v) is 8.63. The van der Waals surface area contributed by atoms with Crippen LogP contribution < -0.4 is 33.7 Å². The summed E-state index contributed by atoms with van der Waals surface area (Å²) in [4.78, 5) is 42.5. The molecule has 2 aromatic rings. The van der Waals surface area contributed by atoms with Gasteiger partial charge in [-0.2, -0.15) is 0 Å². The number of hydrogen-bond donors (Lipinski definition) is 1. The molecule has 2 aromatic carbocycles. The Morgan fingerprint density at radius 3 is 2.05 bits per heavy atom. The lowest BCUT2D eigenvalue weighted by molar-refractivity contribution is -0.136. The first-order valence-corrected chi connectivity index (χ1v) is 13.7. The van der Waals surface area contributed by atoms with Gasteiger partial charge in [-0.3, -0.25) is 9.59 Å². The van der Waals surface area contributed by atoms with Crippen molar-refractivity contribution in [3.8, 4) is 34.5 Å². The highest BCUT2D eigenvalue weighted by molar-refractivity contribution is 6.36. The fourth-order valence-corrected chi connectivity index (χ4v) is 6.52. The second kappa shape index (κ2) is 11.0. The number of methoxy groups -OCH3 is 6. The molecule has 0 fully saturated rings. The Kier molecular flexibility index (Phi) is 7.72. The van der Waals surface area contributed by atoms with Crippen molar-refractivity contribution < 1.29 is 47.5 Å². The molecule has 5 rings (SSSR count). The molecule has 3 unspecified atom stereocenters. The third-order valence-electron chi connectivity index (χ3n) is 8.28. The number of Topliss-reactive ketones (excluding diaryl/α,β-unsaturated/α-hetero) is 2. The van der Waals surface area contributed by atoms with E-state index in [0.29, 0.717) is 34.2 Å². The van der Waals surface area contributed by atoms with Crippen LogP contribution in [0, 0.1) is 5.92 Å². The maximum atomic E-state index is 14.9. The van der Waals surface area contributed by atoms with Crippen molar-refractivity contribution in [3.05, 3.63) is 56.9 Å². The number of allylic oxidation sites excluding steroid dienone is 2. The molecule has 0 bridgehead atoms. The topological polar surface area (TPSA) is 128 Å². The predicted molar refractivity (Wildman–Crippen MR) is 155 cm³/mol. The average Bonchev–Trinajstić information content (AvgIpc) is 3.32. The van der Waals surface area contributed by atoms with Gasteiger partial charge in [-0.25, -0.2) is 4.79 Å². The zero-order valence-corrected chi connectivity index (χ0v) is 25.8. The van der Waals surface area contributed by atoms with Gasteiger partial charge >= 0.3 is 5.97 Å². The van der Waals surface area contributed by atoms with Crippen LogP contribution in [0.5, 0.6) is 34.5 Å². The minimum absolute atomic E-state index is 0.000125. The molecule has 0 saturated heterocycles. The molecular formula is C31H32ClNO10. The Bertz CT molecular complexity index is 1600. The number of esters is 1. The number of ketones is 2. The molecule has 1 spiro atoms. The summed E-state index contributed by atoms with van der Waals surface area (Å²) in [6, 6.07) is 4.80. The second-order valence-electron chi connectivity index (χ2n) is 10.3. The van der Waals surface area contributed by atoms with E-state index in [1.54, 1.807) is 26.0 Å². The van der Waals surface area contributed by atoms with Crippen molar-refractivity contribution in [2.45, 2.75) is 31.8 Å². The van der Waals surface area contributed by atoms with Gasteiger partial charge in [-0.1, -0.05) is 18.5 Å². The molecule has 2 heterocycles. The Hall–Kier alpha value is -4.38. The van der Waals surface area contributed by atoms with Crippen LogP contribution in [0.25, 0.3) is 0 Å². The number of dihydropyridines is 1. The summed E-state index contributed by atoms with van der Waals surface area (Å²) in [7, 11) is 8.48. The van der Waals surface area contributed by atoms with Gasteiger partial charge in [-0.05, 0) is 31.0 Å². The largest absolute Gasteiger partial charge is 0.496 e. The molecule has 228 valence electrons. The monoisotopic (exact) mass is 613 g/mol. The number of halogens is 1. The molecule has 3 atom stereocenters. The van der Waals surface area contributed by atoms with Gasteiger partial charge in [0.1, 0.15) is 22.1 Å². The van der Waals surface area contributed by atoms with Crippen LogP contribution >= 0.6 is 11.6 Å². The van der Waals surface area contributed by atoms with Gasteiger partial charge in [-0.15, -0.1) is 0 Å². The highest BCUT2D eigenvalue weighted by Crippen LogP contribution is 2.56. The summed E-state index contributed by atoms with van der Waals surface area (Å²) in [5, 5.41) is 3.27. The van der Waals surface area contributed by atoms with E-state index in [0.717, 1.165) is 0 Å². The number of ether oxygens (including phenoxy) is 7. The summed E-state index contributed by atoms with van der Waals surface area (Å²) in [5.41, 5.74) is -0.0773. The minimum atomic E-state index is -1.99. The second-order valence-corrected chi connectivity index (χ2v) is 10.7. The molecule has 43 heavy (non-hydrogen) atoms. The molecular weight excluding hydrogens is 582 g/mol. The summed E-state index contributed by atoms with van der Waals surface area (Å²) in [6.07, 6.45) is 0.241. The van der Waals surface area contributed by atoms with Crippen molar-refractivity contribution in [1.29, 1.82) is 0 Å². The van der Waals surface area contributed by atoms with E-state index in [4.69, 9.17) is 44.8 Å². The number of rotatable bonds is 7. The summed E-state index contributed by atoms with van der Waals surface area (Å²) in [6.45, 7) is 3.48. The van der Waals surface area contributed by atoms with Gasteiger partial charge in [0.15, 0.2) is 17.2 Å². The van der Waals surface area contributed by atoms with Crippen molar-refractivity contribution in [1.82, 2.24) is 5.32 Å². The standard InChI is InChI=1S/C31H32ClNO10/c1-13-9-16-23(28(34)31(13)29(35)24-17(37-3)12-18(38-4)25(32)27(24)43-31)22(21(14(2)33-16)30(36)42-8)15-10-19(39-5)26(41-7)20(11-15)40-6/h10-13,22,33H,9H2,1-8H3. The van der Waals surface area contributed by atoms with E-state index < -0.39 is 35.0 Å². The number of carbonyl (C=O) groups is 3. The van der Waals surface area contributed by atoms with E-state index in [2.05, 4.69) is 5.32 Å². The average molecular weight is 614 g/mol. The van der Waals surface area contributed by atoms with Gasteiger partial charge in [0.2, 0.25) is 22.9 Å². The minimum Gasteiger partial charge on any atom is -0.496 e. The Morgan fingerprint density at radius 1 is 0.907 bits per heavy atom. The molecule has 3 aliphatic rings. The van der Waals surface area contributed by atoms with Crippen LogP contribution in [0.3, 0.4) is 0 Å². The van der Waals surface area contributed by atoms with Crippen molar-refractivity contribution in [2.24, 2.45) is 5.92 Å². The number of carbonyl (C=O) groups excluding carboxylic acids is 3. The molecule has 12 heteroatoms. The van der Waals surface area contributed by atoms with Crippen LogP contribution in [-0.2, 0) is 14.3 Å². The Labute approximate surface area is 253 Å². The van der Waals surface area contributed by atoms with Crippen molar-refractivity contribution in [2.75, 3.05) is 42.7 Å². The van der Waals surface area contributed by atoms with Crippen LogP contribution in [0.1, 0.15) is 42.1 Å². The van der Waals surface area contributed by atoms with E-state index in [1.165, 1.54) is 48.7 Å². The van der Waals surface area contributed by atoms with Gasteiger partial charge in [0.25, 0.3) is 0 Å². The smallest absolute Gasteiger partial charge is 0.336 e. The predicted octanol–water partition coefficient (Wildman–Crippen LogP) is 4.39. The number of hydrogen-bond acceptors (Lipinski definition) is 11. The zero-order chi connectivity index (χ0) is 31.4. The third kappa shape index (κ3) is 4.20. The van der Waals surface area contributed by atoms with Crippen LogP contribution in [-0.4, -0.2) is 65.8 Å². The molecule has 11 nitrogen and oxygen atoms in total. The highest BCUT2D eigenvalue weighted by atomic mass is 35.5. The number of fused-ring (bicyclic) bond motifs is 1. The maximum absolute atomic E-state index is 14.9. The quantitative estimate of drug-likeness (QED) is 0.353. The van der Waals surface area contributed by atoms with E-state index in [9.17, 15) is 14.4 Å². The zero-order valence-electron chi connectivity index (χ0n) is 25.1. The van der Waals surface area contributed by atoms with Gasteiger partial charge in [0.05, 0.1) is 48.2 Å². The SMILES string of the molecule is COC(=O)C1=C(C)NC2=C(C(=O)C3(Oc4c(Cl)c(OC)cc(OC)c4C3=O)C(C)C2)C1c1cc(OC)c(OC)c(OC)c1. The first-order chi connectivity index (χ1) is 20.5. The molecule has 2 aliphatic heterocycles. The fraction of sp³-hybridized carbons (Fsp3) is 0.387. The van der Waals surface area contributed by atoms with E-state index in [1.807, 2.05) is 0 Å². The Balaban J connectivity index is 1.76. The van der Waals surface area contributed by atoms with Gasteiger partial charge < -0.3 is 38.5 Å². The van der Waals surface area contributed by atoms with Crippen LogP contribution in [0.2, 0.25) is 5.02 Å². The first-order valence-electron chi connectivity index (χ1n) is 13.4. The molecule has 1 N–H and O–H groups in total. The van der Waals surface area contributed by atoms with Crippen molar-refractivity contribution >= 4 is 29.1 Å². The first kappa shape index (κ1) is 30.1. The lowest BCUT2D eigenvalue weighted by Crippen LogP contribution is -2.58. The van der Waals surface area contributed by atoms with Gasteiger partial charge in [0, 0.05) is 34.9 Å². The lowest BCUT2D eigenvalue weighted by atomic mass is 9.65. The van der Waals surface area contributed by atoms with Crippen molar-refractivity contribution in [3.63, 3.8) is 0 Å². The van der Waals surface area contributed by atoms with E-state index >= 15 is 0 Å². The molecule has 0 amide bonds. The summed E-state index contributed by atoms with van der Waals surface area (Å²) < 4.78 is 39.0. The Morgan fingerprint density at radius 2 is 1.51 bits per heavy atom. The van der Waals surface area contributed by atoms with Crippen LogP contribution in [0.15, 0.2) is 40.7 Å². The lowest BCUT2D eigenvalue weighted by Gasteiger charge is -2.42. The number of nitrogens with one attached hydrogen (secondary N) is 1. The number of benzene rings is 2. The molecule has 1 aliphatic carbocycles. The molecule has 0 aromatic heterocycles. The maximum Gasteiger partial charge on any atom is 0.336 e. The highest BCUT2D eigenvalue weighted by Gasteiger charge is 2.63. The summed E-state index contributed by atoms with van der Waals surface area (Å²) in [5.74, 6) is -2.16. The fourth-order valence-electron chi connectivity index (χ4n) is 6.26. The molecule has 0 saturated carbocycles. The van der Waals surface area contributed by atoms with E-state index in [-0.39, 0.29) is 45.4 Å².